The highest BCUT2D eigenvalue weighted by Crippen LogP contribution is 2.09. The van der Waals surface area contributed by atoms with Crippen LogP contribution in [0.15, 0.2) is 24.3 Å². The molecule has 0 saturated heterocycles. The van der Waals surface area contributed by atoms with Gasteiger partial charge in [0.1, 0.15) is 0 Å². The maximum absolute atomic E-state index is 12.3. The second-order valence-corrected chi connectivity index (χ2v) is 4.36. The van der Waals surface area contributed by atoms with E-state index in [1.54, 1.807) is 24.3 Å². The predicted octanol–water partition coefficient (Wildman–Crippen LogP) is 2.74. The molecule has 0 aliphatic heterocycles. The van der Waals surface area contributed by atoms with Crippen molar-refractivity contribution in [2.45, 2.75) is 26.7 Å². The van der Waals surface area contributed by atoms with Crippen LogP contribution in [0.1, 0.15) is 47.4 Å². The number of amides is 1. The highest BCUT2D eigenvalue weighted by atomic mass is 16.5. The minimum absolute atomic E-state index is 0.0140. The summed E-state index contributed by atoms with van der Waals surface area (Å²) in [6, 6.07) is 6.59. The maximum Gasteiger partial charge on any atom is 0.337 e. The number of esters is 1. The predicted molar refractivity (Wildman–Crippen MR) is 74.3 cm³/mol. The molecule has 0 aromatic heterocycles. The van der Waals surface area contributed by atoms with Crippen LogP contribution >= 0.6 is 0 Å². The van der Waals surface area contributed by atoms with Gasteiger partial charge in [0.2, 0.25) is 0 Å². The van der Waals surface area contributed by atoms with Gasteiger partial charge in [-0.1, -0.05) is 13.8 Å². The molecule has 4 heteroatoms. The number of ether oxygens (including phenoxy) is 1. The van der Waals surface area contributed by atoms with E-state index in [9.17, 15) is 9.59 Å². The average molecular weight is 263 g/mol. The lowest BCUT2D eigenvalue weighted by Crippen LogP contribution is -2.32. The summed E-state index contributed by atoms with van der Waals surface area (Å²) in [5.74, 6) is -0.377. The van der Waals surface area contributed by atoms with E-state index < -0.39 is 5.97 Å². The molecular weight excluding hydrogens is 242 g/mol. The Hall–Kier alpha value is -1.84. The van der Waals surface area contributed by atoms with Crippen molar-refractivity contribution >= 4 is 11.9 Å². The molecule has 0 saturated carbocycles. The summed E-state index contributed by atoms with van der Waals surface area (Å²) >= 11 is 0. The molecule has 0 fully saturated rings. The largest absolute Gasteiger partial charge is 0.465 e. The number of methoxy groups -OCH3 is 1. The van der Waals surface area contributed by atoms with Crippen LogP contribution < -0.4 is 0 Å². The van der Waals surface area contributed by atoms with Gasteiger partial charge in [0.05, 0.1) is 12.7 Å². The Kier molecular flexibility index (Phi) is 6.06. The van der Waals surface area contributed by atoms with Gasteiger partial charge in [-0.3, -0.25) is 4.79 Å². The van der Waals surface area contributed by atoms with Gasteiger partial charge < -0.3 is 9.64 Å². The summed E-state index contributed by atoms with van der Waals surface area (Å²) in [4.78, 5) is 25.4. The third kappa shape index (κ3) is 4.09. The van der Waals surface area contributed by atoms with Gasteiger partial charge in [-0.05, 0) is 37.1 Å². The van der Waals surface area contributed by atoms with Gasteiger partial charge >= 0.3 is 5.97 Å². The molecule has 0 unspecified atom stereocenters. The lowest BCUT2D eigenvalue weighted by molar-refractivity contribution is 0.0599. The maximum atomic E-state index is 12.3. The van der Waals surface area contributed by atoms with E-state index in [1.165, 1.54) is 7.11 Å². The number of hydrogen-bond acceptors (Lipinski definition) is 3. The van der Waals surface area contributed by atoms with Crippen LogP contribution in [-0.2, 0) is 4.74 Å². The molecule has 4 nitrogen and oxygen atoms in total. The molecule has 0 spiro atoms. The van der Waals surface area contributed by atoms with Crippen molar-refractivity contribution in [3.63, 3.8) is 0 Å². The van der Waals surface area contributed by atoms with Crippen molar-refractivity contribution in [2.75, 3.05) is 20.2 Å². The Morgan fingerprint density at radius 2 is 1.47 bits per heavy atom. The van der Waals surface area contributed by atoms with Gasteiger partial charge in [-0.25, -0.2) is 4.79 Å². The molecule has 0 N–H and O–H groups in total. The molecule has 0 atom stereocenters. The normalized spacial score (nSPS) is 10.1. The van der Waals surface area contributed by atoms with E-state index in [2.05, 4.69) is 18.6 Å². The smallest absolute Gasteiger partial charge is 0.337 e. The zero-order valence-electron chi connectivity index (χ0n) is 11.8. The van der Waals surface area contributed by atoms with Crippen molar-refractivity contribution in [1.82, 2.24) is 4.90 Å². The highest BCUT2D eigenvalue weighted by molar-refractivity contribution is 5.96. The molecule has 1 aromatic carbocycles. The quantitative estimate of drug-likeness (QED) is 0.741. The Balaban J connectivity index is 2.83. The molecule has 19 heavy (non-hydrogen) atoms. The van der Waals surface area contributed by atoms with Crippen molar-refractivity contribution in [2.24, 2.45) is 0 Å². The Labute approximate surface area is 114 Å². The Morgan fingerprint density at radius 1 is 1.00 bits per heavy atom. The van der Waals surface area contributed by atoms with Gasteiger partial charge in [0, 0.05) is 18.7 Å². The highest BCUT2D eigenvalue weighted by Gasteiger charge is 2.14. The van der Waals surface area contributed by atoms with Gasteiger partial charge in [0.25, 0.3) is 5.91 Å². The van der Waals surface area contributed by atoms with E-state index in [-0.39, 0.29) is 5.91 Å². The topological polar surface area (TPSA) is 46.6 Å². The van der Waals surface area contributed by atoms with Crippen molar-refractivity contribution in [1.29, 1.82) is 0 Å². The minimum Gasteiger partial charge on any atom is -0.465 e. The third-order valence-electron chi connectivity index (χ3n) is 2.83. The van der Waals surface area contributed by atoms with Crippen LogP contribution in [0, 0.1) is 0 Å². The second-order valence-electron chi connectivity index (χ2n) is 4.36. The zero-order chi connectivity index (χ0) is 14.3. The molecule has 104 valence electrons. The van der Waals surface area contributed by atoms with Gasteiger partial charge in [-0.2, -0.15) is 0 Å². The molecular formula is C15H21NO3. The fourth-order valence-corrected chi connectivity index (χ4v) is 1.90. The molecule has 1 amide bonds. The van der Waals surface area contributed by atoms with Crippen LogP contribution in [0.2, 0.25) is 0 Å². The van der Waals surface area contributed by atoms with Crippen LogP contribution in [0.5, 0.6) is 0 Å². The molecule has 0 aliphatic rings. The van der Waals surface area contributed by atoms with E-state index in [1.807, 2.05) is 4.90 Å². The molecule has 0 aliphatic carbocycles. The van der Waals surface area contributed by atoms with Crippen molar-refractivity contribution in [3.8, 4) is 0 Å². The summed E-state index contributed by atoms with van der Waals surface area (Å²) in [5.41, 5.74) is 1.06. The first-order valence-electron chi connectivity index (χ1n) is 6.61. The van der Waals surface area contributed by atoms with Crippen LogP contribution in [0.4, 0.5) is 0 Å². The molecule has 0 bridgehead atoms. The molecule has 0 heterocycles. The number of hydrogen-bond donors (Lipinski definition) is 0. The van der Waals surface area contributed by atoms with Crippen LogP contribution in [-0.4, -0.2) is 37.0 Å². The standard InChI is InChI=1S/C15H21NO3/c1-4-10-16(11-5-2)14(17)12-6-8-13(9-7-12)15(18)19-3/h6-9H,4-5,10-11H2,1-3H3. The average Bonchev–Trinajstić information content (AvgIpc) is 2.45. The van der Waals surface area contributed by atoms with Gasteiger partial charge in [0.15, 0.2) is 0 Å². The summed E-state index contributed by atoms with van der Waals surface area (Å²) < 4.78 is 4.63. The number of carbonyl (C=O) groups excluding carboxylic acids is 2. The summed E-state index contributed by atoms with van der Waals surface area (Å²) in [6.45, 7) is 5.61. The van der Waals surface area contributed by atoms with E-state index in [0.29, 0.717) is 11.1 Å². The van der Waals surface area contributed by atoms with Crippen LogP contribution in [0.3, 0.4) is 0 Å². The Morgan fingerprint density at radius 3 is 1.89 bits per heavy atom. The van der Waals surface area contributed by atoms with E-state index in [0.717, 1.165) is 25.9 Å². The minimum atomic E-state index is -0.391. The molecule has 0 radical (unpaired) electrons. The second kappa shape index (κ2) is 7.56. The number of benzene rings is 1. The van der Waals surface area contributed by atoms with Gasteiger partial charge in [-0.15, -0.1) is 0 Å². The lowest BCUT2D eigenvalue weighted by Gasteiger charge is -2.21. The first kappa shape index (κ1) is 15.2. The fraction of sp³-hybridized carbons (Fsp3) is 0.467. The molecule has 1 aromatic rings. The van der Waals surface area contributed by atoms with E-state index in [4.69, 9.17) is 0 Å². The van der Waals surface area contributed by atoms with Crippen molar-refractivity contribution < 1.29 is 14.3 Å². The first-order valence-corrected chi connectivity index (χ1v) is 6.61. The fourth-order valence-electron chi connectivity index (χ4n) is 1.90. The number of carbonyl (C=O) groups is 2. The summed E-state index contributed by atoms with van der Waals surface area (Å²) in [5, 5.41) is 0. The van der Waals surface area contributed by atoms with Crippen molar-refractivity contribution in [3.05, 3.63) is 35.4 Å². The SMILES string of the molecule is CCCN(CCC)C(=O)c1ccc(C(=O)OC)cc1. The third-order valence-corrected chi connectivity index (χ3v) is 2.83. The summed E-state index contributed by atoms with van der Waals surface area (Å²) in [6.07, 6.45) is 1.87. The monoisotopic (exact) mass is 263 g/mol. The summed E-state index contributed by atoms with van der Waals surface area (Å²) in [7, 11) is 1.34. The Bertz CT molecular complexity index is 420. The van der Waals surface area contributed by atoms with Crippen LogP contribution in [0.25, 0.3) is 0 Å². The zero-order valence-corrected chi connectivity index (χ0v) is 11.8. The lowest BCUT2D eigenvalue weighted by atomic mass is 10.1. The van der Waals surface area contributed by atoms with E-state index >= 15 is 0 Å². The molecule has 1 rings (SSSR count). The number of nitrogens with zero attached hydrogens (tertiary/aromatic N) is 1. The first-order chi connectivity index (χ1) is 9.13. The number of rotatable bonds is 6.